The highest BCUT2D eigenvalue weighted by Crippen LogP contribution is 2.19. The van der Waals surface area contributed by atoms with Gasteiger partial charge in [0.05, 0.1) is 0 Å². The number of benzene rings is 1. The predicted molar refractivity (Wildman–Crippen MR) is 51.2 cm³/mol. The first-order chi connectivity index (χ1) is 5.97. The summed E-state index contributed by atoms with van der Waals surface area (Å²) in [5, 5.41) is 7.00. The molecule has 0 bridgehead atoms. The molecule has 0 fully saturated rings. The van der Waals surface area contributed by atoms with Crippen molar-refractivity contribution in [1.82, 2.24) is 0 Å². The van der Waals surface area contributed by atoms with Crippen LogP contribution in [0.25, 0.3) is 0 Å². The maximum absolute atomic E-state index is 7.00. The molecule has 1 aromatic rings. The van der Waals surface area contributed by atoms with Crippen LogP contribution in [0.1, 0.15) is 24.0 Å². The van der Waals surface area contributed by atoms with Crippen LogP contribution in [0, 0.1) is 0 Å². The molecule has 1 N–H and O–H groups in total. The molecule has 2 rings (SSSR count). The van der Waals surface area contributed by atoms with Crippen LogP contribution >= 0.6 is 0 Å². The number of hydrogen-bond donors (Lipinski definition) is 1. The molecule has 0 saturated heterocycles. The molecule has 1 aliphatic rings. The molecule has 1 aromatic carbocycles. The number of aryl methyl sites for hydroxylation is 2. The summed E-state index contributed by atoms with van der Waals surface area (Å²) in [5.74, 6) is 0. The summed E-state index contributed by atoms with van der Waals surface area (Å²) < 4.78 is 0. The minimum Gasteiger partial charge on any atom is -0.400 e. The van der Waals surface area contributed by atoms with E-state index < -0.39 is 0 Å². The first-order valence-corrected chi connectivity index (χ1v) is 4.48. The number of fused-ring (bicyclic) bond motifs is 1. The normalized spacial score (nSPS) is 14.2. The molecule has 1 heteroatoms. The highest BCUT2D eigenvalue weighted by atomic mass is 16.2. The van der Waals surface area contributed by atoms with E-state index in [0.717, 1.165) is 7.11 Å². The average molecular weight is 164 g/mol. The molecule has 12 heavy (non-hydrogen) atoms. The fraction of sp³-hybridized carbons (Fsp3) is 0.455. The maximum atomic E-state index is 7.00. The molecule has 0 amide bonds. The molecule has 0 radical (unpaired) electrons. The van der Waals surface area contributed by atoms with E-state index in [4.69, 9.17) is 5.11 Å². The maximum Gasteiger partial charge on any atom is 0.0319 e. The quantitative estimate of drug-likeness (QED) is 0.623. The Hall–Kier alpha value is -0.820. The van der Waals surface area contributed by atoms with E-state index in [1.54, 1.807) is 11.1 Å². The number of aliphatic hydroxyl groups excluding tert-OH is 1. The van der Waals surface area contributed by atoms with Gasteiger partial charge < -0.3 is 5.11 Å². The molecular formula is C11H16O. The van der Waals surface area contributed by atoms with Crippen LogP contribution in [0.2, 0.25) is 0 Å². The van der Waals surface area contributed by atoms with Crippen molar-refractivity contribution >= 4 is 0 Å². The Labute approximate surface area is 74.1 Å². The summed E-state index contributed by atoms with van der Waals surface area (Å²) in [5.41, 5.74) is 3.16. The lowest BCUT2D eigenvalue weighted by Crippen LogP contribution is -2.00. The lowest BCUT2D eigenvalue weighted by Gasteiger charge is -2.13. The number of rotatable bonds is 0. The molecule has 0 atom stereocenters. The Balaban J connectivity index is 0.000000336. The third kappa shape index (κ3) is 2.08. The summed E-state index contributed by atoms with van der Waals surface area (Å²) in [4.78, 5) is 0. The van der Waals surface area contributed by atoms with Gasteiger partial charge in [-0.3, -0.25) is 0 Å². The second-order valence-corrected chi connectivity index (χ2v) is 2.98. The fourth-order valence-electron chi connectivity index (χ4n) is 1.68. The van der Waals surface area contributed by atoms with Crippen molar-refractivity contribution in [3.8, 4) is 0 Å². The van der Waals surface area contributed by atoms with Crippen LogP contribution in [0.3, 0.4) is 0 Å². The van der Waals surface area contributed by atoms with Crippen LogP contribution in [0.15, 0.2) is 24.3 Å². The van der Waals surface area contributed by atoms with E-state index in [0.29, 0.717) is 0 Å². The van der Waals surface area contributed by atoms with Crippen molar-refractivity contribution in [2.75, 3.05) is 7.11 Å². The van der Waals surface area contributed by atoms with Crippen molar-refractivity contribution in [2.24, 2.45) is 0 Å². The van der Waals surface area contributed by atoms with Crippen molar-refractivity contribution in [1.29, 1.82) is 0 Å². The van der Waals surface area contributed by atoms with Gasteiger partial charge in [0.1, 0.15) is 0 Å². The first kappa shape index (κ1) is 9.27. The first-order valence-electron chi connectivity index (χ1n) is 4.48. The van der Waals surface area contributed by atoms with E-state index in [2.05, 4.69) is 24.3 Å². The zero-order valence-corrected chi connectivity index (χ0v) is 7.59. The van der Waals surface area contributed by atoms with Crippen molar-refractivity contribution in [3.05, 3.63) is 35.4 Å². The second-order valence-electron chi connectivity index (χ2n) is 2.98. The number of hydrogen-bond acceptors (Lipinski definition) is 1. The van der Waals surface area contributed by atoms with E-state index in [-0.39, 0.29) is 0 Å². The molecule has 0 heterocycles. The van der Waals surface area contributed by atoms with Crippen LogP contribution in [-0.2, 0) is 12.8 Å². The van der Waals surface area contributed by atoms with Gasteiger partial charge in [-0.05, 0) is 36.8 Å². The Morgan fingerprint density at radius 2 is 1.33 bits per heavy atom. The van der Waals surface area contributed by atoms with Gasteiger partial charge in [-0.15, -0.1) is 0 Å². The summed E-state index contributed by atoms with van der Waals surface area (Å²) in [6.07, 6.45) is 5.38. The summed E-state index contributed by atoms with van der Waals surface area (Å²) in [6, 6.07) is 8.80. The Morgan fingerprint density at radius 1 is 0.917 bits per heavy atom. The molecule has 0 aromatic heterocycles. The topological polar surface area (TPSA) is 20.2 Å². The predicted octanol–water partition coefficient (Wildman–Crippen LogP) is 2.17. The van der Waals surface area contributed by atoms with Gasteiger partial charge in [0.15, 0.2) is 0 Å². The number of aliphatic hydroxyl groups is 1. The largest absolute Gasteiger partial charge is 0.400 e. The summed E-state index contributed by atoms with van der Waals surface area (Å²) in [6.45, 7) is 0. The summed E-state index contributed by atoms with van der Waals surface area (Å²) >= 11 is 0. The van der Waals surface area contributed by atoms with Crippen LogP contribution in [0.4, 0.5) is 0 Å². The summed E-state index contributed by atoms with van der Waals surface area (Å²) in [7, 11) is 1.00. The standard InChI is InChI=1S/C10H12.CH4O/c1-2-6-10-8-4-3-7-9(10)5-1;1-2/h1-2,5-6H,3-4,7-8H2;2H,1H3. The Morgan fingerprint density at radius 3 is 1.75 bits per heavy atom. The van der Waals surface area contributed by atoms with Gasteiger partial charge in [0.2, 0.25) is 0 Å². The average Bonchev–Trinajstić information content (AvgIpc) is 2.21. The van der Waals surface area contributed by atoms with Crippen molar-refractivity contribution < 1.29 is 5.11 Å². The second kappa shape index (κ2) is 4.94. The van der Waals surface area contributed by atoms with Gasteiger partial charge in [-0.2, -0.15) is 0 Å². The third-order valence-electron chi connectivity index (χ3n) is 2.26. The van der Waals surface area contributed by atoms with E-state index in [1.165, 1.54) is 25.7 Å². The van der Waals surface area contributed by atoms with Crippen molar-refractivity contribution in [3.63, 3.8) is 0 Å². The highest BCUT2D eigenvalue weighted by Gasteiger charge is 2.05. The van der Waals surface area contributed by atoms with Crippen LogP contribution in [0.5, 0.6) is 0 Å². The molecule has 0 spiro atoms. The molecule has 1 aliphatic carbocycles. The van der Waals surface area contributed by atoms with E-state index >= 15 is 0 Å². The van der Waals surface area contributed by atoms with Gasteiger partial charge in [-0.1, -0.05) is 24.3 Å². The van der Waals surface area contributed by atoms with Crippen molar-refractivity contribution in [2.45, 2.75) is 25.7 Å². The highest BCUT2D eigenvalue weighted by molar-refractivity contribution is 5.28. The molecule has 0 aliphatic heterocycles. The molecule has 66 valence electrons. The molecule has 1 nitrogen and oxygen atoms in total. The third-order valence-corrected chi connectivity index (χ3v) is 2.26. The SMILES string of the molecule is CO.c1ccc2c(c1)CCCC2. The van der Waals surface area contributed by atoms with Crippen LogP contribution < -0.4 is 0 Å². The lowest BCUT2D eigenvalue weighted by atomic mass is 9.92. The fourth-order valence-corrected chi connectivity index (χ4v) is 1.68. The minimum absolute atomic E-state index is 1.00. The Bertz CT molecular complexity index is 205. The van der Waals surface area contributed by atoms with E-state index in [9.17, 15) is 0 Å². The molecule has 0 unspecified atom stereocenters. The smallest absolute Gasteiger partial charge is 0.0319 e. The van der Waals surface area contributed by atoms with Gasteiger partial charge in [0, 0.05) is 7.11 Å². The lowest BCUT2D eigenvalue weighted by molar-refractivity contribution is 0.399. The van der Waals surface area contributed by atoms with E-state index in [1.807, 2.05) is 0 Å². The van der Waals surface area contributed by atoms with Gasteiger partial charge >= 0.3 is 0 Å². The van der Waals surface area contributed by atoms with Crippen LogP contribution in [-0.4, -0.2) is 12.2 Å². The minimum atomic E-state index is 1.00. The van der Waals surface area contributed by atoms with Gasteiger partial charge in [-0.25, -0.2) is 0 Å². The zero-order chi connectivity index (χ0) is 8.81. The van der Waals surface area contributed by atoms with Gasteiger partial charge in [0.25, 0.3) is 0 Å². The molecule has 0 saturated carbocycles. The monoisotopic (exact) mass is 164 g/mol. The zero-order valence-electron chi connectivity index (χ0n) is 7.59. The Kier molecular flexibility index (Phi) is 3.81. The molecular weight excluding hydrogens is 148 g/mol.